The summed E-state index contributed by atoms with van der Waals surface area (Å²) in [5, 5.41) is 6.78. The van der Waals surface area contributed by atoms with Crippen molar-refractivity contribution in [2.24, 2.45) is 4.99 Å². The fourth-order valence-electron chi connectivity index (χ4n) is 3.66. The van der Waals surface area contributed by atoms with E-state index < -0.39 is 0 Å². The fourth-order valence-corrected chi connectivity index (χ4v) is 3.66. The number of likely N-dealkylation sites (tertiary alicyclic amines) is 1. The number of guanidine groups is 1. The Balaban J connectivity index is 1.89. The molecular formula is C22H37N5O. The van der Waals surface area contributed by atoms with E-state index in [2.05, 4.69) is 35.4 Å². The number of hydrogen-bond donors (Lipinski definition) is 2. The molecule has 0 saturated carbocycles. The molecule has 2 rings (SSSR count). The van der Waals surface area contributed by atoms with E-state index in [4.69, 9.17) is 4.99 Å². The van der Waals surface area contributed by atoms with Gasteiger partial charge in [0.2, 0.25) is 0 Å². The summed E-state index contributed by atoms with van der Waals surface area (Å²) in [6, 6.07) is 8.43. The van der Waals surface area contributed by atoms with Crippen LogP contribution in [0.2, 0.25) is 0 Å². The molecule has 1 saturated heterocycles. The number of nitrogens with zero attached hydrogens (tertiary/aromatic N) is 3. The van der Waals surface area contributed by atoms with Gasteiger partial charge in [0.05, 0.1) is 6.54 Å². The first-order valence-corrected chi connectivity index (χ1v) is 10.6. The average molecular weight is 388 g/mol. The molecule has 0 aliphatic carbocycles. The minimum absolute atomic E-state index is 0.0395. The summed E-state index contributed by atoms with van der Waals surface area (Å²) < 4.78 is 0. The number of nitrogens with one attached hydrogen (secondary N) is 2. The van der Waals surface area contributed by atoms with Gasteiger partial charge >= 0.3 is 0 Å². The van der Waals surface area contributed by atoms with Crippen LogP contribution in [0.25, 0.3) is 0 Å². The number of hydrogen-bond acceptors (Lipinski definition) is 3. The SMILES string of the molecule is CCNC(=NCC1CCCCN1CC)NCCc1cccc(C(=O)N(C)C)c1. The zero-order valence-corrected chi connectivity index (χ0v) is 18.0. The lowest BCUT2D eigenvalue weighted by Crippen LogP contribution is -2.43. The minimum atomic E-state index is 0.0395. The summed E-state index contributed by atoms with van der Waals surface area (Å²) >= 11 is 0. The average Bonchev–Trinajstić information content (AvgIpc) is 2.71. The highest BCUT2D eigenvalue weighted by Gasteiger charge is 2.20. The number of carbonyl (C=O) groups excluding carboxylic acids is 1. The van der Waals surface area contributed by atoms with Gasteiger partial charge in [-0.05, 0) is 57.0 Å². The van der Waals surface area contributed by atoms with Crippen LogP contribution in [0.4, 0.5) is 0 Å². The van der Waals surface area contributed by atoms with Crippen LogP contribution in [0, 0.1) is 0 Å². The minimum Gasteiger partial charge on any atom is -0.357 e. The number of rotatable bonds is 8. The standard InChI is InChI=1S/C22H37N5O/c1-5-23-22(25-17-20-12-7-8-15-27(20)6-2)24-14-13-18-10-9-11-19(16-18)21(28)26(3)4/h9-11,16,20H,5-8,12-15,17H2,1-4H3,(H2,23,24,25). The topological polar surface area (TPSA) is 60.0 Å². The molecule has 0 spiro atoms. The van der Waals surface area contributed by atoms with Gasteiger partial charge in [0, 0.05) is 38.8 Å². The number of carbonyl (C=O) groups is 1. The van der Waals surface area contributed by atoms with E-state index in [1.54, 1.807) is 19.0 Å². The van der Waals surface area contributed by atoms with Crippen molar-refractivity contribution in [1.29, 1.82) is 0 Å². The molecule has 1 aromatic carbocycles. The molecule has 1 aromatic rings. The van der Waals surface area contributed by atoms with Crippen LogP contribution in [-0.2, 0) is 6.42 Å². The van der Waals surface area contributed by atoms with Gasteiger partial charge in [0.15, 0.2) is 5.96 Å². The van der Waals surface area contributed by atoms with Gasteiger partial charge in [-0.1, -0.05) is 25.5 Å². The number of piperidine rings is 1. The van der Waals surface area contributed by atoms with E-state index >= 15 is 0 Å². The van der Waals surface area contributed by atoms with Gasteiger partial charge in [0.1, 0.15) is 0 Å². The van der Waals surface area contributed by atoms with Crippen molar-refractivity contribution in [2.45, 2.75) is 45.6 Å². The molecule has 6 nitrogen and oxygen atoms in total. The smallest absolute Gasteiger partial charge is 0.253 e. The number of likely N-dealkylation sites (N-methyl/N-ethyl adjacent to an activating group) is 1. The summed E-state index contributed by atoms with van der Waals surface area (Å²) in [6.45, 7) is 9.10. The van der Waals surface area contributed by atoms with Crippen molar-refractivity contribution in [1.82, 2.24) is 20.4 Å². The normalized spacial score (nSPS) is 18.0. The van der Waals surface area contributed by atoms with Crippen LogP contribution in [0.1, 0.15) is 49.0 Å². The number of amides is 1. The molecule has 2 N–H and O–H groups in total. The quantitative estimate of drug-likeness (QED) is 0.531. The molecule has 6 heteroatoms. The molecule has 1 amide bonds. The Morgan fingerprint density at radius 1 is 1.25 bits per heavy atom. The molecule has 1 aliphatic heterocycles. The summed E-state index contributed by atoms with van der Waals surface area (Å²) in [4.78, 5) is 21.1. The summed E-state index contributed by atoms with van der Waals surface area (Å²) in [7, 11) is 3.56. The maximum Gasteiger partial charge on any atom is 0.253 e. The van der Waals surface area contributed by atoms with Crippen LogP contribution in [0.15, 0.2) is 29.3 Å². The van der Waals surface area contributed by atoms with Crippen LogP contribution in [-0.4, -0.2) is 74.5 Å². The third-order valence-corrected chi connectivity index (χ3v) is 5.25. The monoisotopic (exact) mass is 387 g/mol. The molecular weight excluding hydrogens is 350 g/mol. The van der Waals surface area contributed by atoms with E-state index in [0.717, 1.165) is 49.7 Å². The van der Waals surface area contributed by atoms with Gasteiger partial charge in [-0.3, -0.25) is 14.7 Å². The Bertz CT molecular complexity index is 644. The second-order valence-corrected chi connectivity index (χ2v) is 7.57. The lowest BCUT2D eigenvalue weighted by Gasteiger charge is -2.34. The Morgan fingerprint density at radius 3 is 2.79 bits per heavy atom. The summed E-state index contributed by atoms with van der Waals surface area (Å²) in [5.41, 5.74) is 1.89. The Morgan fingerprint density at radius 2 is 2.07 bits per heavy atom. The van der Waals surface area contributed by atoms with Crippen LogP contribution in [0.5, 0.6) is 0 Å². The molecule has 0 radical (unpaired) electrons. The van der Waals surface area contributed by atoms with Gasteiger partial charge in [-0.15, -0.1) is 0 Å². The van der Waals surface area contributed by atoms with Crippen molar-refractivity contribution in [2.75, 3.05) is 46.8 Å². The number of benzene rings is 1. The zero-order chi connectivity index (χ0) is 20.4. The third-order valence-electron chi connectivity index (χ3n) is 5.25. The molecule has 156 valence electrons. The third kappa shape index (κ3) is 6.82. The van der Waals surface area contributed by atoms with E-state index in [0.29, 0.717) is 6.04 Å². The Kier molecular flexibility index (Phi) is 9.28. The van der Waals surface area contributed by atoms with Gasteiger partial charge in [-0.25, -0.2) is 0 Å². The van der Waals surface area contributed by atoms with Crippen LogP contribution in [0.3, 0.4) is 0 Å². The van der Waals surface area contributed by atoms with E-state index in [1.807, 2.05) is 18.2 Å². The lowest BCUT2D eigenvalue weighted by molar-refractivity contribution is 0.0827. The first-order valence-electron chi connectivity index (χ1n) is 10.6. The first kappa shape index (κ1) is 22.2. The van der Waals surface area contributed by atoms with Crippen LogP contribution >= 0.6 is 0 Å². The maximum absolute atomic E-state index is 12.1. The molecule has 1 unspecified atom stereocenters. The summed E-state index contributed by atoms with van der Waals surface area (Å²) in [6.07, 6.45) is 4.71. The second-order valence-electron chi connectivity index (χ2n) is 7.57. The summed E-state index contributed by atoms with van der Waals surface area (Å²) in [5.74, 6) is 0.919. The Hall–Kier alpha value is -2.08. The van der Waals surface area contributed by atoms with Gasteiger partial charge in [-0.2, -0.15) is 0 Å². The maximum atomic E-state index is 12.1. The second kappa shape index (κ2) is 11.7. The van der Waals surface area contributed by atoms with Gasteiger partial charge in [0.25, 0.3) is 5.91 Å². The lowest BCUT2D eigenvalue weighted by atomic mass is 10.0. The van der Waals surface area contributed by atoms with Crippen molar-refractivity contribution >= 4 is 11.9 Å². The largest absolute Gasteiger partial charge is 0.357 e. The fraction of sp³-hybridized carbons (Fsp3) is 0.636. The van der Waals surface area contributed by atoms with Crippen molar-refractivity contribution in [3.8, 4) is 0 Å². The van der Waals surface area contributed by atoms with E-state index in [9.17, 15) is 4.79 Å². The van der Waals surface area contributed by atoms with Crippen molar-refractivity contribution in [3.05, 3.63) is 35.4 Å². The van der Waals surface area contributed by atoms with Crippen molar-refractivity contribution < 1.29 is 4.79 Å². The number of aliphatic imine (C=N–C) groups is 1. The molecule has 1 fully saturated rings. The highest BCUT2D eigenvalue weighted by atomic mass is 16.2. The molecule has 1 atom stereocenters. The highest BCUT2D eigenvalue weighted by molar-refractivity contribution is 5.94. The van der Waals surface area contributed by atoms with Gasteiger partial charge < -0.3 is 15.5 Å². The molecule has 28 heavy (non-hydrogen) atoms. The predicted octanol–water partition coefficient (Wildman–Crippen LogP) is 2.36. The highest BCUT2D eigenvalue weighted by Crippen LogP contribution is 2.16. The molecule has 1 heterocycles. The predicted molar refractivity (Wildman–Crippen MR) is 117 cm³/mol. The molecule has 0 aromatic heterocycles. The van der Waals surface area contributed by atoms with E-state index in [1.165, 1.54) is 25.8 Å². The zero-order valence-electron chi connectivity index (χ0n) is 18.0. The Labute approximate surface area is 170 Å². The van der Waals surface area contributed by atoms with Crippen LogP contribution < -0.4 is 10.6 Å². The first-order chi connectivity index (χ1) is 13.5. The molecule has 0 bridgehead atoms. The van der Waals surface area contributed by atoms with Crippen molar-refractivity contribution in [3.63, 3.8) is 0 Å². The molecule has 1 aliphatic rings. The van der Waals surface area contributed by atoms with E-state index in [-0.39, 0.29) is 5.91 Å².